The molecule has 0 bridgehead atoms. The van der Waals surface area contributed by atoms with Crippen LogP contribution in [-0.4, -0.2) is 29.4 Å². The Labute approximate surface area is 131 Å². The van der Waals surface area contributed by atoms with Crippen LogP contribution in [0.15, 0.2) is 47.2 Å². The van der Waals surface area contributed by atoms with Gasteiger partial charge in [-0.25, -0.2) is 0 Å². The zero-order valence-corrected chi connectivity index (χ0v) is 13.2. The molecule has 0 saturated carbocycles. The van der Waals surface area contributed by atoms with Crippen LogP contribution >= 0.6 is 15.9 Å². The van der Waals surface area contributed by atoms with Crippen LogP contribution in [0.3, 0.4) is 0 Å². The first-order valence-corrected chi connectivity index (χ1v) is 7.55. The first kappa shape index (κ1) is 14.1. The van der Waals surface area contributed by atoms with E-state index in [4.69, 9.17) is 4.74 Å². The van der Waals surface area contributed by atoms with Crippen LogP contribution in [-0.2, 0) is 0 Å². The van der Waals surface area contributed by atoms with E-state index in [2.05, 4.69) is 20.9 Å². The Morgan fingerprint density at radius 2 is 2.29 bits per heavy atom. The van der Waals surface area contributed by atoms with Gasteiger partial charge < -0.3 is 9.64 Å². The molecule has 2 aromatic rings. The third kappa shape index (κ3) is 2.78. The lowest BCUT2D eigenvalue weighted by molar-refractivity contribution is 0.0686. The number of fused-ring (bicyclic) bond motifs is 1. The molecule has 0 fully saturated rings. The lowest BCUT2D eigenvalue weighted by atomic mass is 9.99. The number of rotatable bonds is 2. The second-order valence-corrected chi connectivity index (χ2v) is 5.91. The molecule has 4 nitrogen and oxygen atoms in total. The minimum absolute atomic E-state index is 0.0129. The summed E-state index contributed by atoms with van der Waals surface area (Å²) in [4.78, 5) is 18.4. The summed E-state index contributed by atoms with van der Waals surface area (Å²) in [6.45, 7) is 0.615. The van der Waals surface area contributed by atoms with Crippen molar-refractivity contribution < 1.29 is 9.53 Å². The molecule has 3 rings (SSSR count). The molecule has 5 heteroatoms. The molecule has 0 radical (unpaired) electrons. The fourth-order valence-corrected chi connectivity index (χ4v) is 2.96. The van der Waals surface area contributed by atoms with Crippen LogP contribution in [0.4, 0.5) is 0 Å². The number of nitrogens with zero attached hydrogens (tertiary/aromatic N) is 2. The average Bonchev–Trinajstić information content (AvgIpc) is 2.53. The number of carbonyl (C=O) groups is 1. The molecule has 0 spiro atoms. The van der Waals surface area contributed by atoms with E-state index in [9.17, 15) is 4.79 Å². The summed E-state index contributed by atoms with van der Waals surface area (Å²) in [7, 11) is 1.83. The molecular weight excluding hydrogens is 332 g/mol. The number of hydrogen-bond acceptors (Lipinski definition) is 3. The van der Waals surface area contributed by atoms with Crippen molar-refractivity contribution in [2.24, 2.45) is 0 Å². The number of hydrogen-bond donors (Lipinski definition) is 0. The van der Waals surface area contributed by atoms with Gasteiger partial charge in [-0.3, -0.25) is 9.78 Å². The highest BCUT2D eigenvalue weighted by molar-refractivity contribution is 9.10. The molecule has 21 heavy (non-hydrogen) atoms. The van der Waals surface area contributed by atoms with Crippen molar-refractivity contribution in [3.8, 4) is 5.75 Å². The molecule has 0 aliphatic carbocycles. The standard InChI is InChI=1S/C16H15BrN2O2/c1-19(16(20)11-3-2-7-18-10-11)14-6-8-21-15-5-4-12(17)9-13(14)15/h2-5,7,9-10,14H,6,8H2,1H3. The number of carbonyl (C=O) groups excluding carboxylic acids is 1. The van der Waals surface area contributed by atoms with Crippen molar-refractivity contribution in [2.45, 2.75) is 12.5 Å². The van der Waals surface area contributed by atoms with Crippen LogP contribution in [0.5, 0.6) is 5.75 Å². The highest BCUT2D eigenvalue weighted by Gasteiger charge is 2.28. The topological polar surface area (TPSA) is 42.4 Å². The van der Waals surface area contributed by atoms with E-state index < -0.39 is 0 Å². The van der Waals surface area contributed by atoms with Crippen LogP contribution in [0.1, 0.15) is 28.4 Å². The second kappa shape index (κ2) is 5.85. The van der Waals surface area contributed by atoms with Gasteiger partial charge in [0, 0.05) is 35.9 Å². The van der Waals surface area contributed by atoms with Gasteiger partial charge in [0.1, 0.15) is 5.75 Å². The summed E-state index contributed by atoms with van der Waals surface area (Å²) in [5.74, 6) is 0.821. The van der Waals surface area contributed by atoms with Gasteiger partial charge in [-0.1, -0.05) is 15.9 Å². The summed E-state index contributed by atoms with van der Waals surface area (Å²) in [5, 5.41) is 0. The summed E-state index contributed by atoms with van der Waals surface area (Å²) in [6, 6.07) is 9.48. The zero-order valence-electron chi connectivity index (χ0n) is 11.6. The predicted octanol–water partition coefficient (Wildman–Crippen LogP) is 3.44. The van der Waals surface area contributed by atoms with Gasteiger partial charge >= 0.3 is 0 Å². The maximum Gasteiger partial charge on any atom is 0.255 e. The number of pyridine rings is 1. The summed E-state index contributed by atoms with van der Waals surface area (Å²) in [6.07, 6.45) is 4.05. The Kier molecular flexibility index (Phi) is 3.92. The fraction of sp³-hybridized carbons (Fsp3) is 0.250. The average molecular weight is 347 g/mol. The van der Waals surface area contributed by atoms with Gasteiger partial charge in [-0.05, 0) is 30.3 Å². The monoisotopic (exact) mass is 346 g/mol. The van der Waals surface area contributed by atoms with Crippen LogP contribution in [0, 0.1) is 0 Å². The summed E-state index contributed by atoms with van der Waals surface area (Å²) >= 11 is 3.48. The third-order valence-corrected chi connectivity index (χ3v) is 4.17. The van der Waals surface area contributed by atoms with E-state index in [0.717, 1.165) is 22.2 Å². The van der Waals surface area contributed by atoms with Crippen LogP contribution < -0.4 is 4.74 Å². The summed E-state index contributed by atoms with van der Waals surface area (Å²) < 4.78 is 6.66. The van der Waals surface area contributed by atoms with Gasteiger partial charge in [0.25, 0.3) is 5.91 Å². The molecule has 1 aromatic heterocycles. The Morgan fingerprint density at radius 3 is 3.05 bits per heavy atom. The molecule has 2 heterocycles. The maximum atomic E-state index is 12.6. The van der Waals surface area contributed by atoms with Gasteiger partial charge in [0.15, 0.2) is 0 Å². The maximum absolute atomic E-state index is 12.6. The first-order chi connectivity index (χ1) is 10.2. The van der Waals surface area contributed by atoms with E-state index in [1.54, 1.807) is 29.4 Å². The third-order valence-electron chi connectivity index (χ3n) is 3.68. The minimum Gasteiger partial charge on any atom is -0.493 e. The molecule has 1 atom stereocenters. The molecule has 0 N–H and O–H groups in total. The van der Waals surface area contributed by atoms with E-state index >= 15 is 0 Å². The predicted molar refractivity (Wildman–Crippen MR) is 83.3 cm³/mol. The zero-order chi connectivity index (χ0) is 14.8. The Balaban J connectivity index is 1.91. The van der Waals surface area contributed by atoms with Gasteiger partial charge in [-0.2, -0.15) is 0 Å². The highest BCUT2D eigenvalue weighted by atomic mass is 79.9. The van der Waals surface area contributed by atoms with Crippen molar-refractivity contribution in [1.82, 2.24) is 9.88 Å². The Bertz CT molecular complexity index is 661. The Hall–Kier alpha value is -1.88. The molecule has 0 saturated heterocycles. The first-order valence-electron chi connectivity index (χ1n) is 6.76. The van der Waals surface area contributed by atoms with E-state index in [1.165, 1.54) is 0 Å². The van der Waals surface area contributed by atoms with Crippen molar-refractivity contribution in [2.75, 3.05) is 13.7 Å². The number of halogens is 1. The van der Waals surface area contributed by atoms with Gasteiger partial charge in [-0.15, -0.1) is 0 Å². The Morgan fingerprint density at radius 1 is 1.43 bits per heavy atom. The molecule has 1 aromatic carbocycles. The van der Waals surface area contributed by atoms with E-state index in [-0.39, 0.29) is 11.9 Å². The lowest BCUT2D eigenvalue weighted by Crippen LogP contribution is -2.34. The number of ether oxygens (including phenoxy) is 1. The largest absolute Gasteiger partial charge is 0.493 e. The second-order valence-electron chi connectivity index (χ2n) is 4.99. The van der Waals surface area contributed by atoms with Crippen molar-refractivity contribution >= 4 is 21.8 Å². The quantitative estimate of drug-likeness (QED) is 0.836. The number of aromatic nitrogens is 1. The normalized spacial score (nSPS) is 16.8. The lowest BCUT2D eigenvalue weighted by Gasteiger charge is -2.33. The van der Waals surface area contributed by atoms with Crippen LogP contribution in [0.25, 0.3) is 0 Å². The van der Waals surface area contributed by atoms with Crippen molar-refractivity contribution in [3.63, 3.8) is 0 Å². The van der Waals surface area contributed by atoms with E-state index in [0.29, 0.717) is 12.2 Å². The highest BCUT2D eigenvalue weighted by Crippen LogP contribution is 2.37. The molecule has 1 aliphatic heterocycles. The minimum atomic E-state index is -0.0269. The smallest absolute Gasteiger partial charge is 0.255 e. The number of benzene rings is 1. The fourth-order valence-electron chi connectivity index (χ4n) is 2.58. The molecule has 1 amide bonds. The van der Waals surface area contributed by atoms with Gasteiger partial charge in [0.2, 0.25) is 0 Å². The van der Waals surface area contributed by atoms with Crippen molar-refractivity contribution in [3.05, 3.63) is 58.3 Å². The SMILES string of the molecule is CN(C(=O)c1cccnc1)C1CCOc2ccc(Br)cc21. The van der Waals surface area contributed by atoms with Crippen LogP contribution in [0.2, 0.25) is 0 Å². The molecule has 1 aliphatic rings. The number of amides is 1. The molecular formula is C16H15BrN2O2. The summed E-state index contributed by atoms with van der Waals surface area (Å²) in [5.41, 5.74) is 1.64. The van der Waals surface area contributed by atoms with Crippen molar-refractivity contribution in [1.29, 1.82) is 0 Å². The van der Waals surface area contributed by atoms with Gasteiger partial charge in [0.05, 0.1) is 18.2 Å². The van der Waals surface area contributed by atoms with E-state index in [1.807, 2.05) is 25.2 Å². The molecule has 1 unspecified atom stereocenters. The molecule has 108 valence electrons.